The van der Waals surface area contributed by atoms with E-state index >= 15 is 0 Å². The van der Waals surface area contributed by atoms with E-state index in [2.05, 4.69) is 42.3 Å². The van der Waals surface area contributed by atoms with Gasteiger partial charge in [-0.3, -0.25) is 0 Å². The summed E-state index contributed by atoms with van der Waals surface area (Å²) < 4.78 is 5.80. The van der Waals surface area contributed by atoms with Crippen LogP contribution in [0.4, 0.5) is 5.69 Å². The van der Waals surface area contributed by atoms with Gasteiger partial charge in [-0.25, -0.2) is 0 Å². The second-order valence-electron chi connectivity index (χ2n) is 6.34. The Morgan fingerprint density at radius 1 is 1.30 bits per heavy atom. The summed E-state index contributed by atoms with van der Waals surface area (Å²) in [6.45, 7) is 8.68. The molecule has 0 spiro atoms. The van der Waals surface area contributed by atoms with E-state index in [4.69, 9.17) is 4.74 Å². The van der Waals surface area contributed by atoms with Gasteiger partial charge in [0, 0.05) is 6.04 Å². The maximum Gasteiger partial charge on any atom is 0.142 e. The fraction of sp³-hybridized carbons (Fsp3) is 0.647. The summed E-state index contributed by atoms with van der Waals surface area (Å²) in [7, 11) is 0. The Morgan fingerprint density at radius 3 is 2.85 bits per heavy atom. The van der Waals surface area contributed by atoms with Crippen molar-refractivity contribution < 1.29 is 4.74 Å². The first kappa shape index (κ1) is 13.7. The first-order valence-corrected chi connectivity index (χ1v) is 7.97. The molecule has 1 fully saturated rings. The van der Waals surface area contributed by atoms with Crippen molar-refractivity contribution in [3.8, 4) is 5.75 Å². The topological polar surface area (TPSA) is 24.5 Å². The molecule has 20 heavy (non-hydrogen) atoms. The van der Waals surface area contributed by atoms with Crippen molar-refractivity contribution in [1.29, 1.82) is 0 Å². The average molecular weight is 274 g/mol. The highest BCUT2D eigenvalue weighted by Crippen LogP contribution is 2.34. The highest BCUT2D eigenvalue weighted by atomic mass is 16.5. The smallest absolute Gasteiger partial charge is 0.142 e. The minimum atomic E-state index is 0.534. The molecule has 1 N–H and O–H groups in total. The lowest BCUT2D eigenvalue weighted by Gasteiger charge is -2.35. The molecule has 0 unspecified atom stereocenters. The molecule has 1 saturated heterocycles. The van der Waals surface area contributed by atoms with Crippen molar-refractivity contribution in [3.05, 3.63) is 23.8 Å². The molecule has 0 saturated carbocycles. The van der Waals surface area contributed by atoms with Gasteiger partial charge in [0.25, 0.3) is 0 Å². The van der Waals surface area contributed by atoms with Crippen LogP contribution in [0.5, 0.6) is 5.75 Å². The first-order valence-electron chi connectivity index (χ1n) is 7.97. The van der Waals surface area contributed by atoms with Gasteiger partial charge in [-0.15, -0.1) is 0 Å². The van der Waals surface area contributed by atoms with Crippen LogP contribution in [0.15, 0.2) is 18.2 Å². The molecule has 3 nitrogen and oxygen atoms in total. The van der Waals surface area contributed by atoms with E-state index in [1.165, 1.54) is 43.6 Å². The molecule has 1 aromatic rings. The molecule has 2 heterocycles. The Bertz CT molecular complexity index is 452. The molecule has 0 atom stereocenters. The SMILES string of the molecule is CC(C)N1CCOc2ccc(CC3CCNCC3)cc21. The number of rotatable bonds is 3. The van der Waals surface area contributed by atoms with Gasteiger partial charge in [0.15, 0.2) is 0 Å². The number of hydrogen-bond donors (Lipinski definition) is 1. The van der Waals surface area contributed by atoms with Gasteiger partial charge >= 0.3 is 0 Å². The normalized spacial score (nSPS) is 19.9. The Labute approximate surface area is 122 Å². The predicted octanol–water partition coefficient (Wildman–Crippen LogP) is 2.84. The van der Waals surface area contributed by atoms with E-state index in [1.54, 1.807) is 0 Å². The highest BCUT2D eigenvalue weighted by molar-refractivity contribution is 5.62. The Balaban J connectivity index is 1.78. The standard InChI is InChI=1S/C17H26N2O/c1-13(2)19-9-10-20-17-4-3-15(12-16(17)19)11-14-5-7-18-8-6-14/h3-4,12-14,18H,5-11H2,1-2H3. The quantitative estimate of drug-likeness (QED) is 0.917. The van der Waals surface area contributed by atoms with Crippen LogP contribution < -0.4 is 15.0 Å². The van der Waals surface area contributed by atoms with Crippen LogP contribution in [0.25, 0.3) is 0 Å². The summed E-state index contributed by atoms with van der Waals surface area (Å²) in [5.41, 5.74) is 2.75. The van der Waals surface area contributed by atoms with E-state index in [0.29, 0.717) is 6.04 Å². The summed E-state index contributed by atoms with van der Waals surface area (Å²) in [4.78, 5) is 2.46. The minimum Gasteiger partial charge on any atom is -0.490 e. The summed E-state index contributed by atoms with van der Waals surface area (Å²) in [5.74, 6) is 1.89. The zero-order chi connectivity index (χ0) is 13.9. The zero-order valence-electron chi connectivity index (χ0n) is 12.7. The number of piperidine rings is 1. The molecular formula is C17H26N2O. The summed E-state index contributed by atoms with van der Waals surface area (Å²) in [5, 5.41) is 3.44. The number of nitrogens with one attached hydrogen (secondary N) is 1. The number of nitrogens with zero attached hydrogens (tertiary/aromatic N) is 1. The van der Waals surface area contributed by atoms with E-state index < -0.39 is 0 Å². The second-order valence-corrected chi connectivity index (χ2v) is 6.34. The molecule has 2 aliphatic heterocycles. The number of benzene rings is 1. The molecule has 110 valence electrons. The van der Waals surface area contributed by atoms with Crippen LogP contribution in [0.2, 0.25) is 0 Å². The maximum absolute atomic E-state index is 5.80. The number of ether oxygens (including phenoxy) is 1. The zero-order valence-corrected chi connectivity index (χ0v) is 12.7. The lowest BCUT2D eigenvalue weighted by Crippen LogP contribution is -2.38. The van der Waals surface area contributed by atoms with Crippen LogP contribution in [-0.4, -0.2) is 32.3 Å². The second kappa shape index (κ2) is 6.04. The molecule has 0 aromatic heterocycles. The Morgan fingerprint density at radius 2 is 2.10 bits per heavy atom. The van der Waals surface area contributed by atoms with Crippen LogP contribution in [0.1, 0.15) is 32.3 Å². The van der Waals surface area contributed by atoms with Crippen molar-refractivity contribution in [2.24, 2.45) is 5.92 Å². The molecule has 1 aromatic carbocycles. The highest BCUT2D eigenvalue weighted by Gasteiger charge is 2.21. The maximum atomic E-state index is 5.80. The average Bonchev–Trinajstić information content (AvgIpc) is 2.47. The van der Waals surface area contributed by atoms with Crippen molar-refractivity contribution >= 4 is 5.69 Å². The molecule has 0 radical (unpaired) electrons. The molecular weight excluding hydrogens is 248 g/mol. The largest absolute Gasteiger partial charge is 0.490 e. The van der Waals surface area contributed by atoms with Crippen molar-refractivity contribution in [2.75, 3.05) is 31.1 Å². The van der Waals surface area contributed by atoms with Crippen LogP contribution in [-0.2, 0) is 6.42 Å². The van der Waals surface area contributed by atoms with E-state index in [-0.39, 0.29) is 0 Å². The van der Waals surface area contributed by atoms with Crippen LogP contribution in [0.3, 0.4) is 0 Å². The van der Waals surface area contributed by atoms with Crippen molar-refractivity contribution in [2.45, 2.75) is 39.2 Å². The molecule has 2 aliphatic rings. The summed E-state index contributed by atoms with van der Waals surface area (Å²) >= 11 is 0. The molecule has 3 rings (SSSR count). The van der Waals surface area contributed by atoms with Crippen LogP contribution >= 0.6 is 0 Å². The Kier molecular flexibility index (Phi) is 4.16. The van der Waals surface area contributed by atoms with Gasteiger partial charge in [-0.2, -0.15) is 0 Å². The molecule has 3 heteroatoms. The van der Waals surface area contributed by atoms with Gasteiger partial charge in [-0.1, -0.05) is 6.07 Å². The minimum absolute atomic E-state index is 0.534. The first-order chi connectivity index (χ1) is 9.74. The fourth-order valence-corrected chi connectivity index (χ4v) is 3.37. The monoisotopic (exact) mass is 274 g/mol. The van der Waals surface area contributed by atoms with Gasteiger partial charge < -0.3 is 15.0 Å². The van der Waals surface area contributed by atoms with Crippen molar-refractivity contribution in [1.82, 2.24) is 5.32 Å². The number of anilines is 1. The lowest BCUT2D eigenvalue weighted by molar-refractivity contribution is 0.302. The summed E-state index contributed by atoms with van der Waals surface area (Å²) in [6, 6.07) is 7.31. The van der Waals surface area contributed by atoms with Gasteiger partial charge in [0.1, 0.15) is 12.4 Å². The third-order valence-corrected chi connectivity index (χ3v) is 4.53. The molecule has 0 amide bonds. The van der Waals surface area contributed by atoms with E-state index in [9.17, 15) is 0 Å². The van der Waals surface area contributed by atoms with Gasteiger partial charge in [0.05, 0.1) is 12.2 Å². The van der Waals surface area contributed by atoms with Gasteiger partial charge in [0.2, 0.25) is 0 Å². The third kappa shape index (κ3) is 2.93. The van der Waals surface area contributed by atoms with Crippen LogP contribution in [0, 0.1) is 5.92 Å². The molecule has 0 bridgehead atoms. The van der Waals surface area contributed by atoms with Gasteiger partial charge in [-0.05, 0) is 69.8 Å². The lowest BCUT2D eigenvalue weighted by atomic mass is 9.90. The van der Waals surface area contributed by atoms with E-state index in [1.807, 2.05) is 0 Å². The summed E-state index contributed by atoms with van der Waals surface area (Å²) in [6.07, 6.45) is 3.82. The fourth-order valence-electron chi connectivity index (χ4n) is 3.37. The number of fused-ring (bicyclic) bond motifs is 1. The van der Waals surface area contributed by atoms with Crippen molar-refractivity contribution in [3.63, 3.8) is 0 Å². The number of hydrogen-bond acceptors (Lipinski definition) is 3. The Hall–Kier alpha value is -1.22. The third-order valence-electron chi connectivity index (χ3n) is 4.53. The predicted molar refractivity (Wildman–Crippen MR) is 83.7 cm³/mol. The van der Waals surface area contributed by atoms with E-state index in [0.717, 1.165) is 24.8 Å². The molecule has 0 aliphatic carbocycles.